The van der Waals surface area contributed by atoms with Crippen molar-refractivity contribution in [1.82, 2.24) is 4.98 Å². The number of pyridine rings is 2. The van der Waals surface area contributed by atoms with Gasteiger partial charge in [0.1, 0.15) is 5.69 Å². The monoisotopic (exact) mass is 196 g/mol. The first-order valence-corrected chi connectivity index (χ1v) is 4.72. The molecule has 0 N–H and O–H groups in total. The predicted octanol–water partition coefficient (Wildman–Crippen LogP) is 0.417. The molecule has 0 aromatic carbocycles. The smallest absolute Gasteiger partial charge is 0.235 e. The van der Waals surface area contributed by atoms with Crippen LogP contribution in [-0.4, -0.2) is 4.98 Å². The van der Waals surface area contributed by atoms with Gasteiger partial charge >= 0.3 is 0 Å². The molecule has 2 aromatic heterocycles. The Hall–Kier alpha value is -2.16. The zero-order chi connectivity index (χ0) is 10.3. The van der Waals surface area contributed by atoms with Crippen LogP contribution in [0.3, 0.4) is 0 Å². The van der Waals surface area contributed by atoms with Crippen LogP contribution in [0.15, 0.2) is 48.8 Å². The van der Waals surface area contributed by atoms with E-state index in [1.807, 2.05) is 47.2 Å². The fourth-order valence-corrected chi connectivity index (χ4v) is 1.74. The van der Waals surface area contributed by atoms with Gasteiger partial charge in [-0.2, -0.15) is 4.57 Å². The molecule has 0 spiro atoms. The first kappa shape index (κ1) is 8.17. The van der Waals surface area contributed by atoms with Crippen LogP contribution in [0.1, 0.15) is 11.4 Å². The third kappa shape index (κ3) is 1.06. The number of rotatable bonds is 1. The van der Waals surface area contributed by atoms with Crippen LogP contribution in [0.4, 0.5) is 0 Å². The van der Waals surface area contributed by atoms with Crippen LogP contribution in [0.2, 0.25) is 0 Å². The van der Waals surface area contributed by atoms with Gasteiger partial charge in [0.05, 0.1) is 0 Å². The van der Waals surface area contributed by atoms with Gasteiger partial charge in [-0.3, -0.25) is 0 Å². The molecule has 0 saturated carbocycles. The summed E-state index contributed by atoms with van der Waals surface area (Å²) in [5.74, 6) is 0.0642. The van der Waals surface area contributed by atoms with Gasteiger partial charge in [0.2, 0.25) is 11.4 Å². The second kappa shape index (κ2) is 2.92. The average molecular weight is 196 g/mol. The Bertz CT molecular complexity index is 547. The second-order valence-corrected chi connectivity index (χ2v) is 3.35. The predicted molar refractivity (Wildman–Crippen MR) is 53.1 cm³/mol. The largest absolute Gasteiger partial charge is 0.863 e. The molecule has 0 aliphatic carbocycles. The zero-order valence-corrected chi connectivity index (χ0v) is 7.92. The highest BCUT2D eigenvalue weighted by Crippen LogP contribution is 2.24. The molecule has 1 aliphatic rings. The molecule has 1 aliphatic heterocycles. The van der Waals surface area contributed by atoms with E-state index >= 15 is 0 Å². The van der Waals surface area contributed by atoms with E-state index in [4.69, 9.17) is 0 Å². The van der Waals surface area contributed by atoms with Gasteiger partial charge in [-0.15, -0.1) is 0 Å². The average Bonchev–Trinajstić information content (AvgIpc) is 2.30. The Morgan fingerprint density at radius 3 is 2.73 bits per heavy atom. The topological polar surface area (TPSA) is 39.8 Å². The van der Waals surface area contributed by atoms with Crippen LogP contribution in [-0.2, 0) is 0 Å². The Kier molecular flexibility index (Phi) is 1.59. The van der Waals surface area contributed by atoms with Crippen molar-refractivity contribution in [3.8, 4) is 0 Å². The van der Waals surface area contributed by atoms with E-state index in [1.54, 1.807) is 6.20 Å². The number of nitrogens with zero attached hydrogens (tertiary/aromatic N) is 2. The molecule has 3 nitrogen and oxygen atoms in total. The van der Waals surface area contributed by atoms with Crippen molar-refractivity contribution >= 4 is 11.5 Å². The minimum atomic E-state index is 0.0642. The van der Waals surface area contributed by atoms with Crippen molar-refractivity contribution in [3.05, 3.63) is 60.2 Å². The molecule has 0 amide bonds. The minimum absolute atomic E-state index is 0.0642. The maximum absolute atomic E-state index is 11.8. The first-order chi connectivity index (χ1) is 7.38. The van der Waals surface area contributed by atoms with Gasteiger partial charge in [-0.25, -0.2) is 4.98 Å². The molecule has 3 heteroatoms. The van der Waals surface area contributed by atoms with Crippen molar-refractivity contribution in [3.63, 3.8) is 0 Å². The van der Waals surface area contributed by atoms with Crippen molar-refractivity contribution < 1.29 is 9.67 Å². The Morgan fingerprint density at radius 1 is 1.07 bits per heavy atom. The summed E-state index contributed by atoms with van der Waals surface area (Å²) in [5, 5.41) is 11.8. The molecule has 3 heterocycles. The van der Waals surface area contributed by atoms with Gasteiger partial charge in [0.25, 0.3) is 0 Å². The summed E-state index contributed by atoms with van der Waals surface area (Å²) in [7, 11) is 0. The molecule has 0 radical (unpaired) electrons. The third-order valence-electron chi connectivity index (χ3n) is 2.46. The van der Waals surface area contributed by atoms with Crippen molar-refractivity contribution in [2.75, 3.05) is 0 Å². The van der Waals surface area contributed by atoms with E-state index in [1.165, 1.54) is 0 Å². The molecule has 0 unspecified atom stereocenters. The summed E-state index contributed by atoms with van der Waals surface area (Å²) in [6.07, 6.45) is 3.57. The van der Waals surface area contributed by atoms with Crippen LogP contribution < -0.4 is 9.67 Å². The summed E-state index contributed by atoms with van der Waals surface area (Å²) < 4.78 is 1.87. The summed E-state index contributed by atoms with van der Waals surface area (Å²) in [5.41, 5.74) is 2.11. The van der Waals surface area contributed by atoms with Gasteiger partial charge in [-0.1, -0.05) is 6.07 Å². The summed E-state index contributed by atoms with van der Waals surface area (Å²) in [6, 6.07) is 11.1. The fourth-order valence-electron chi connectivity index (χ4n) is 1.74. The highest BCUT2D eigenvalue weighted by Gasteiger charge is 2.30. The van der Waals surface area contributed by atoms with Crippen LogP contribution >= 0.6 is 0 Å². The maximum atomic E-state index is 11.8. The number of hydrogen-bond donors (Lipinski definition) is 0. The Balaban J connectivity index is 2.15. The molecule has 0 bridgehead atoms. The van der Waals surface area contributed by atoms with Crippen molar-refractivity contribution in [1.29, 1.82) is 0 Å². The van der Waals surface area contributed by atoms with Gasteiger partial charge < -0.3 is 5.11 Å². The lowest BCUT2D eigenvalue weighted by molar-refractivity contribution is -0.606. The standard InChI is InChI=1S/C12H8N2O/c15-12-10-6-2-4-8-14(10)11(12)9-5-1-3-7-13-9/h1-8H. The Morgan fingerprint density at radius 2 is 1.93 bits per heavy atom. The van der Waals surface area contributed by atoms with Crippen LogP contribution in [0.25, 0.3) is 11.5 Å². The third-order valence-corrected chi connectivity index (χ3v) is 2.46. The van der Waals surface area contributed by atoms with E-state index in [2.05, 4.69) is 4.98 Å². The number of hydrogen-bond acceptors (Lipinski definition) is 2. The molecule has 0 fully saturated rings. The van der Waals surface area contributed by atoms with Gasteiger partial charge in [0.15, 0.2) is 6.20 Å². The maximum Gasteiger partial charge on any atom is 0.235 e. The SMILES string of the molecule is [O-]C1=C(c2ccccn2)[n+]2ccccc21. The zero-order valence-electron chi connectivity index (χ0n) is 7.92. The van der Waals surface area contributed by atoms with E-state index in [-0.39, 0.29) is 5.76 Å². The highest BCUT2D eigenvalue weighted by atomic mass is 16.3. The molecule has 15 heavy (non-hydrogen) atoms. The quantitative estimate of drug-likeness (QED) is 0.620. The second-order valence-electron chi connectivity index (χ2n) is 3.35. The van der Waals surface area contributed by atoms with Crippen LogP contribution in [0, 0.1) is 0 Å². The molecule has 0 saturated heterocycles. The van der Waals surface area contributed by atoms with Crippen LogP contribution in [0.5, 0.6) is 0 Å². The summed E-state index contributed by atoms with van der Waals surface area (Å²) in [4.78, 5) is 4.17. The Labute approximate surface area is 87.0 Å². The first-order valence-electron chi connectivity index (χ1n) is 4.72. The molecular formula is C12H8N2O. The highest BCUT2D eigenvalue weighted by molar-refractivity contribution is 5.82. The molecule has 2 aromatic rings. The van der Waals surface area contributed by atoms with E-state index < -0.39 is 0 Å². The van der Waals surface area contributed by atoms with Gasteiger partial charge in [0, 0.05) is 24.1 Å². The lowest BCUT2D eigenvalue weighted by atomic mass is 10.1. The normalized spacial score (nSPS) is 13.3. The van der Waals surface area contributed by atoms with E-state index in [9.17, 15) is 5.11 Å². The minimum Gasteiger partial charge on any atom is -0.863 e. The molecule has 72 valence electrons. The molecular weight excluding hydrogens is 188 g/mol. The van der Waals surface area contributed by atoms with E-state index in [0.717, 1.165) is 11.4 Å². The molecule has 3 rings (SSSR count). The summed E-state index contributed by atoms with van der Waals surface area (Å²) >= 11 is 0. The fraction of sp³-hybridized carbons (Fsp3) is 0. The van der Waals surface area contributed by atoms with Crippen molar-refractivity contribution in [2.24, 2.45) is 0 Å². The molecule has 0 atom stereocenters. The van der Waals surface area contributed by atoms with E-state index in [0.29, 0.717) is 5.70 Å². The van der Waals surface area contributed by atoms with Crippen molar-refractivity contribution in [2.45, 2.75) is 0 Å². The number of aromatic nitrogens is 2. The lowest BCUT2D eigenvalue weighted by Gasteiger charge is -2.22. The summed E-state index contributed by atoms with van der Waals surface area (Å²) in [6.45, 7) is 0. The van der Waals surface area contributed by atoms with Gasteiger partial charge in [-0.05, 0) is 18.2 Å². The lowest BCUT2D eigenvalue weighted by Crippen LogP contribution is -2.48. The number of fused-ring (bicyclic) bond motifs is 1.